The Bertz CT molecular complexity index is 504. The molecule has 4 heteroatoms. The first-order chi connectivity index (χ1) is 15.6. The van der Waals surface area contributed by atoms with Crippen LogP contribution in [0.25, 0.3) is 0 Å². The second kappa shape index (κ2) is 13.4. The number of halogens is 2. The van der Waals surface area contributed by atoms with Gasteiger partial charge in [-0.15, -0.1) is 0 Å². The number of nitrogens with two attached hydrogens (primary N) is 2. The lowest BCUT2D eigenvalue weighted by molar-refractivity contribution is 0.0826. The van der Waals surface area contributed by atoms with E-state index in [1.807, 2.05) is 0 Å². The van der Waals surface area contributed by atoms with Crippen LogP contribution < -0.4 is 11.5 Å². The van der Waals surface area contributed by atoms with Crippen LogP contribution in [0.1, 0.15) is 150 Å². The first-order valence-electron chi connectivity index (χ1n) is 14.5. The zero-order valence-electron chi connectivity index (χ0n) is 22.5. The van der Waals surface area contributed by atoms with Crippen LogP contribution in [0, 0.1) is 10.8 Å². The second-order valence-corrected chi connectivity index (χ2v) is 15.4. The van der Waals surface area contributed by atoms with Crippen molar-refractivity contribution in [3.8, 4) is 0 Å². The summed E-state index contributed by atoms with van der Waals surface area (Å²) in [7, 11) is 0. The van der Waals surface area contributed by atoms with Crippen molar-refractivity contribution in [2.24, 2.45) is 22.3 Å². The minimum absolute atomic E-state index is 0.0168. The molecule has 4 unspecified atom stereocenters. The first-order valence-corrected chi connectivity index (χ1v) is 16.1. The summed E-state index contributed by atoms with van der Waals surface area (Å²) in [6.07, 6.45) is 24.4. The molecular weight excluding hydrogens is 536 g/mol. The zero-order valence-corrected chi connectivity index (χ0v) is 25.7. The van der Waals surface area contributed by atoms with Crippen LogP contribution in [0.4, 0.5) is 0 Å². The van der Waals surface area contributed by atoms with E-state index < -0.39 is 0 Å². The standard InChI is InChI=1S/C29H56Br2N2/c1-5-9-13-26(14-10-6-2)17-19-28(30,24(32)21-26)23-29(31)20-18-27(15-11-7-3,16-12-8-4)22-25(29)33/h24-25H,5-23,32-33H2,1-4H3. The molecule has 0 aromatic heterocycles. The Hall–Kier alpha value is 0.880. The van der Waals surface area contributed by atoms with Gasteiger partial charge in [-0.05, 0) is 81.5 Å². The van der Waals surface area contributed by atoms with E-state index in [9.17, 15) is 0 Å². The quantitative estimate of drug-likeness (QED) is 0.198. The molecular formula is C29H56Br2N2. The maximum Gasteiger partial charge on any atom is 0.0422 e. The normalized spacial score (nSPS) is 33.8. The molecule has 2 aliphatic rings. The molecule has 2 saturated carbocycles. The van der Waals surface area contributed by atoms with Gasteiger partial charge in [-0.1, -0.05) is 111 Å². The topological polar surface area (TPSA) is 52.0 Å². The van der Waals surface area contributed by atoms with E-state index >= 15 is 0 Å². The van der Waals surface area contributed by atoms with Crippen molar-refractivity contribution in [1.29, 1.82) is 0 Å². The molecule has 0 aliphatic heterocycles. The summed E-state index contributed by atoms with van der Waals surface area (Å²) in [5, 5.41) is 0. The molecule has 0 radical (unpaired) electrons. The monoisotopic (exact) mass is 590 g/mol. The molecule has 33 heavy (non-hydrogen) atoms. The lowest BCUT2D eigenvalue weighted by Crippen LogP contribution is -2.59. The van der Waals surface area contributed by atoms with Gasteiger partial charge in [0.25, 0.3) is 0 Å². The molecule has 2 nitrogen and oxygen atoms in total. The van der Waals surface area contributed by atoms with Gasteiger partial charge < -0.3 is 11.5 Å². The van der Waals surface area contributed by atoms with Crippen molar-refractivity contribution in [3.63, 3.8) is 0 Å². The fourth-order valence-corrected chi connectivity index (χ4v) is 9.21. The number of hydrogen-bond donors (Lipinski definition) is 2. The van der Waals surface area contributed by atoms with Crippen LogP contribution in [-0.2, 0) is 0 Å². The van der Waals surface area contributed by atoms with Crippen molar-refractivity contribution >= 4 is 31.9 Å². The summed E-state index contributed by atoms with van der Waals surface area (Å²) < 4.78 is 0.0335. The van der Waals surface area contributed by atoms with Gasteiger partial charge in [0.2, 0.25) is 0 Å². The highest BCUT2D eigenvalue weighted by molar-refractivity contribution is 9.10. The largest absolute Gasteiger partial charge is 0.326 e. The van der Waals surface area contributed by atoms with Gasteiger partial charge in [0, 0.05) is 20.7 Å². The minimum atomic E-state index is 0.0168. The van der Waals surface area contributed by atoms with Gasteiger partial charge >= 0.3 is 0 Å². The van der Waals surface area contributed by atoms with E-state index in [1.165, 1.54) is 116 Å². The number of alkyl halides is 2. The van der Waals surface area contributed by atoms with Crippen molar-refractivity contribution < 1.29 is 0 Å². The summed E-state index contributed by atoms with van der Waals surface area (Å²) in [5.74, 6) is 0. The van der Waals surface area contributed by atoms with Gasteiger partial charge in [-0.2, -0.15) is 0 Å². The Morgan fingerprint density at radius 1 is 0.576 bits per heavy atom. The Balaban J connectivity index is 2.09. The zero-order chi connectivity index (χ0) is 24.6. The summed E-state index contributed by atoms with van der Waals surface area (Å²) >= 11 is 8.50. The van der Waals surface area contributed by atoms with Crippen molar-refractivity contribution in [1.82, 2.24) is 0 Å². The van der Waals surface area contributed by atoms with Crippen LogP contribution >= 0.6 is 31.9 Å². The van der Waals surface area contributed by atoms with Crippen LogP contribution in [0.15, 0.2) is 0 Å². The molecule has 2 aliphatic carbocycles. The minimum Gasteiger partial charge on any atom is -0.326 e. The van der Waals surface area contributed by atoms with E-state index in [1.54, 1.807) is 0 Å². The van der Waals surface area contributed by atoms with Crippen LogP contribution in [0.5, 0.6) is 0 Å². The van der Waals surface area contributed by atoms with Gasteiger partial charge in [-0.25, -0.2) is 0 Å². The molecule has 0 spiro atoms. The van der Waals surface area contributed by atoms with Gasteiger partial charge in [-0.3, -0.25) is 0 Å². The van der Waals surface area contributed by atoms with Gasteiger partial charge in [0.1, 0.15) is 0 Å². The molecule has 0 aromatic rings. The smallest absolute Gasteiger partial charge is 0.0422 e. The third-order valence-electron chi connectivity index (χ3n) is 9.61. The Labute approximate surface area is 223 Å². The number of rotatable bonds is 14. The number of hydrogen-bond acceptors (Lipinski definition) is 2. The predicted octanol–water partition coefficient (Wildman–Crippen LogP) is 9.40. The third kappa shape index (κ3) is 7.93. The summed E-state index contributed by atoms with van der Waals surface area (Å²) in [6.45, 7) is 9.30. The van der Waals surface area contributed by atoms with Crippen molar-refractivity contribution in [3.05, 3.63) is 0 Å². The molecule has 0 saturated heterocycles. The maximum absolute atomic E-state index is 7.03. The SMILES string of the molecule is CCCCC1(CCCC)CCC(Br)(CC2(Br)CCC(CCCC)(CCCC)CC2N)C(N)C1. The molecule has 196 valence electrons. The van der Waals surface area contributed by atoms with E-state index in [2.05, 4.69) is 59.6 Å². The van der Waals surface area contributed by atoms with E-state index in [4.69, 9.17) is 11.5 Å². The molecule has 4 atom stereocenters. The highest BCUT2D eigenvalue weighted by Crippen LogP contribution is 2.57. The predicted molar refractivity (Wildman–Crippen MR) is 155 cm³/mol. The third-order valence-corrected chi connectivity index (χ3v) is 12.1. The molecule has 0 bridgehead atoms. The fourth-order valence-electron chi connectivity index (χ4n) is 7.11. The Morgan fingerprint density at radius 2 is 0.879 bits per heavy atom. The second-order valence-electron chi connectivity index (χ2n) is 12.3. The van der Waals surface area contributed by atoms with Crippen LogP contribution in [0.3, 0.4) is 0 Å². The lowest BCUT2D eigenvalue weighted by atomic mass is 9.59. The van der Waals surface area contributed by atoms with E-state index in [0.717, 1.165) is 6.42 Å². The summed E-state index contributed by atoms with van der Waals surface area (Å²) in [6, 6.07) is 0.432. The van der Waals surface area contributed by atoms with Crippen LogP contribution in [0.2, 0.25) is 0 Å². The average Bonchev–Trinajstić information content (AvgIpc) is 2.79. The van der Waals surface area contributed by atoms with E-state index in [0.29, 0.717) is 10.8 Å². The molecule has 2 fully saturated rings. The molecule has 0 aromatic carbocycles. The maximum atomic E-state index is 7.03. The van der Waals surface area contributed by atoms with Crippen LogP contribution in [-0.4, -0.2) is 20.7 Å². The number of unbranched alkanes of at least 4 members (excludes halogenated alkanes) is 4. The summed E-state index contributed by atoms with van der Waals surface area (Å²) in [4.78, 5) is 0. The fraction of sp³-hybridized carbons (Fsp3) is 1.00. The molecule has 2 rings (SSSR count). The van der Waals surface area contributed by atoms with Crippen molar-refractivity contribution in [2.45, 2.75) is 170 Å². The average molecular weight is 593 g/mol. The lowest BCUT2D eigenvalue weighted by Gasteiger charge is -2.54. The van der Waals surface area contributed by atoms with Crippen molar-refractivity contribution in [2.75, 3.05) is 0 Å². The highest BCUT2D eigenvalue weighted by atomic mass is 79.9. The first kappa shape index (κ1) is 30.1. The molecule has 4 N–H and O–H groups in total. The highest BCUT2D eigenvalue weighted by Gasteiger charge is 2.53. The molecule has 0 amide bonds. The van der Waals surface area contributed by atoms with E-state index in [-0.39, 0.29) is 20.7 Å². The Morgan fingerprint density at radius 3 is 1.12 bits per heavy atom. The Kier molecular flexibility index (Phi) is 12.3. The summed E-state index contributed by atoms with van der Waals surface area (Å²) in [5.41, 5.74) is 15.0. The van der Waals surface area contributed by atoms with Gasteiger partial charge in [0.15, 0.2) is 0 Å². The van der Waals surface area contributed by atoms with Gasteiger partial charge in [0.05, 0.1) is 0 Å². The molecule has 0 heterocycles.